The van der Waals surface area contributed by atoms with Crippen LogP contribution in [0.3, 0.4) is 0 Å². The smallest absolute Gasteiger partial charge is 0.287 e. The highest BCUT2D eigenvalue weighted by atomic mass is 32.1. The molecule has 0 saturated carbocycles. The summed E-state index contributed by atoms with van der Waals surface area (Å²) in [6.07, 6.45) is -2.59. The molecule has 2 heterocycles. The normalized spacial score (nSPS) is 11.5. The zero-order valence-electron chi connectivity index (χ0n) is 11.8. The lowest BCUT2D eigenvalue weighted by molar-refractivity contribution is -0.132. The number of hydrogen-bond donors (Lipinski definition) is 0. The van der Waals surface area contributed by atoms with E-state index in [2.05, 4.69) is 9.97 Å². The van der Waals surface area contributed by atoms with Gasteiger partial charge in [-0.25, -0.2) is 9.97 Å². The Kier molecular flexibility index (Phi) is 5.12. The maximum atomic E-state index is 12.7. The SMILES string of the molecule is CCc1nc(CC(=O)N(CC(F)(F)F)c2ccccn2)cs1. The minimum atomic E-state index is -4.50. The Morgan fingerprint density at radius 2 is 2.14 bits per heavy atom. The maximum Gasteiger partial charge on any atom is 0.406 e. The van der Waals surface area contributed by atoms with Gasteiger partial charge in [0.05, 0.1) is 17.1 Å². The van der Waals surface area contributed by atoms with Crippen LogP contribution < -0.4 is 4.90 Å². The molecule has 0 N–H and O–H groups in total. The van der Waals surface area contributed by atoms with Gasteiger partial charge in [-0.2, -0.15) is 13.2 Å². The van der Waals surface area contributed by atoms with Gasteiger partial charge < -0.3 is 0 Å². The van der Waals surface area contributed by atoms with Gasteiger partial charge >= 0.3 is 6.18 Å². The van der Waals surface area contributed by atoms with Crippen LogP contribution >= 0.6 is 11.3 Å². The number of aryl methyl sites for hydroxylation is 1. The fraction of sp³-hybridized carbons (Fsp3) is 0.357. The molecule has 0 aliphatic carbocycles. The van der Waals surface area contributed by atoms with E-state index in [4.69, 9.17) is 0 Å². The number of hydrogen-bond acceptors (Lipinski definition) is 4. The Labute approximate surface area is 129 Å². The zero-order valence-corrected chi connectivity index (χ0v) is 12.6. The number of nitrogens with zero attached hydrogens (tertiary/aromatic N) is 3. The van der Waals surface area contributed by atoms with Crippen LogP contribution in [0.1, 0.15) is 17.6 Å². The molecular weight excluding hydrogens is 315 g/mol. The molecule has 0 spiro atoms. The molecular formula is C14H14F3N3OS. The van der Waals surface area contributed by atoms with E-state index in [1.54, 1.807) is 11.4 Å². The van der Waals surface area contributed by atoms with Crippen LogP contribution in [0.5, 0.6) is 0 Å². The number of rotatable bonds is 5. The predicted octanol–water partition coefficient (Wildman–Crippen LogP) is 3.24. The second-order valence-electron chi connectivity index (χ2n) is 4.55. The molecule has 0 atom stereocenters. The van der Waals surface area contributed by atoms with E-state index in [1.165, 1.54) is 29.7 Å². The molecule has 0 fully saturated rings. The second kappa shape index (κ2) is 6.87. The number of carbonyl (C=O) groups excluding carboxylic acids is 1. The van der Waals surface area contributed by atoms with Crippen molar-refractivity contribution in [2.45, 2.75) is 25.9 Å². The number of amides is 1. The number of aromatic nitrogens is 2. The van der Waals surface area contributed by atoms with E-state index >= 15 is 0 Å². The van der Waals surface area contributed by atoms with Crippen molar-refractivity contribution >= 4 is 23.1 Å². The lowest BCUT2D eigenvalue weighted by Gasteiger charge is -2.22. The largest absolute Gasteiger partial charge is 0.406 e. The van der Waals surface area contributed by atoms with Gasteiger partial charge in [-0.15, -0.1) is 11.3 Å². The lowest BCUT2D eigenvalue weighted by Crippen LogP contribution is -2.40. The molecule has 2 aromatic heterocycles. The standard InChI is InChI=1S/C14H14F3N3OS/c1-2-12-19-10(8-22-12)7-13(21)20(9-14(15,16)17)11-5-3-4-6-18-11/h3-6,8H,2,7,9H2,1H3. The molecule has 0 aliphatic rings. The van der Waals surface area contributed by atoms with E-state index in [-0.39, 0.29) is 12.2 Å². The highest BCUT2D eigenvalue weighted by molar-refractivity contribution is 7.09. The van der Waals surface area contributed by atoms with Crippen molar-refractivity contribution in [2.24, 2.45) is 0 Å². The molecule has 4 nitrogen and oxygen atoms in total. The average Bonchev–Trinajstić information content (AvgIpc) is 2.92. The first-order valence-electron chi connectivity index (χ1n) is 6.60. The molecule has 22 heavy (non-hydrogen) atoms. The van der Waals surface area contributed by atoms with Gasteiger partial charge in [0.25, 0.3) is 0 Å². The number of carbonyl (C=O) groups is 1. The monoisotopic (exact) mass is 329 g/mol. The number of halogens is 3. The predicted molar refractivity (Wildman–Crippen MR) is 77.8 cm³/mol. The summed E-state index contributed by atoms with van der Waals surface area (Å²) < 4.78 is 38.1. The molecule has 0 aliphatic heterocycles. The number of pyridine rings is 1. The number of alkyl halides is 3. The molecule has 0 bridgehead atoms. The molecule has 1 amide bonds. The molecule has 118 valence electrons. The van der Waals surface area contributed by atoms with E-state index < -0.39 is 18.6 Å². The summed E-state index contributed by atoms with van der Waals surface area (Å²) in [6, 6.07) is 4.49. The van der Waals surface area contributed by atoms with Gasteiger partial charge in [-0.1, -0.05) is 13.0 Å². The lowest BCUT2D eigenvalue weighted by atomic mass is 10.3. The Balaban J connectivity index is 2.18. The third kappa shape index (κ3) is 4.52. The summed E-state index contributed by atoms with van der Waals surface area (Å²) >= 11 is 1.39. The minimum Gasteiger partial charge on any atom is -0.287 e. The first-order chi connectivity index (χ1) is 10.4. The van der Waals surface area contributed by atoms with Gasteiger partial charge in [0.1, 0.15) is 12.4 Å². The minimum absolute atomic E-state index is 0.0178. The van der Waals surface area contributed by atoms with Crippen LogP contribution in [-0.4, -0.2) is 28.6 Å². The zero-order chi connectivity index (χ0) is 16.2. The van der Waals surface area contributed by atoms with E-state index in [1.807, 2.05) is 6.92 Å². The second-order valence-corrected chi connectivity index (χ2v) is 5.49. The summed E-state index contributed by atoms with van der Waals surface area (Å²) in [5, 5.41) is 2.55. The van der Waals surface area contributed by atoms with Crippen LogP contribution in [0.25, 0.3) is 0 Å². The van der Waals surface area contributed by atoms with Crippen molar-refractivity contribution in [3.63, 3.8) is 0 Å². The summed E-state index contributed by atoms with van der Waals surface area (Å²) in [6.45, 7) is 0.557. The van der Waals surface area contributed by atoms with Crippen LogP contribution in [0.4, 0.5) is 19.0 Å². The van der Waals surface area contributed by atoms with Crippen molar-refractivity contribution in [1.29, 1.82) is 0 Å². The van der Waals surface area contributed by atoms with E-state index in [9.17, 15) is 18.0 Å². The van der Waals surface area contributed by atoms with Crippen LogP contribution in [0.2, 0.25) is 0 Å². The van der Waals surface area contributed by atoms with Crippen molar-refractivity contribution < 1.29 is 18.0 Å². The van der Waals surface area contributed by atoms with Gasteiger partial charge in [0, 0.05) is 11.6 Å². The van der Waals surface area contributed by atoms with Crippen molar-refractivity contribution in [3.05, 3.63) is 40.5 Å². The molecule has 2 rings (SSSR count). The first-order valence-corrected chi connectivity index (χ1v) is 7.48. The Hall–Kier alpha value is -1.96. The van der Waals surface area contributed by atoms with Gasteiger partial charge in [0.15, 0.2) is 0 Å². The van der Waals surface area contributed by atoms with Gasteiger partial charge in [0.2, 0.25) is 5.91 Å². The van der Waals surface area contributed by atoms with Crippen LogP contribution in [-0.2, 0) is 17.6 Å². The van der Waals surface area contributed by atoms with Crippen LogP contribution in [0, 0.1) is 0 Å². The fourth-order valence-corrected chi connectivity index (χ4v) is 2.58. The number of anilines is 1. The Bertz CT molecular complexity index is 628. The fourth-order valence-electron chi connectivity index (χ4n) is 1.83. The summed E-state index contributed by atoms with van der Waals surface area (Å²) in [7, 11) is 0. The molecule has 0 saturated heterocycles. The third-order valence-corrected chi connectivity index (χ3v) is 3.84. The number of thiazole rings is 1. The van der Waals surface area contributed by atoms with E-state index in [0.717, 1.165) is 11.4 Å². The molecule has 2 aromatic rings. The van der Waals surface area contributed by atoms with Gasteiger partial charge in [-0.05, 0) is 18.6 Å². The average molecular weight is 329 g/mol. The van der Waals surface area contributed by atoms with E-state index in [0.29, 0.717) is 10.6 Å². The van der Waals surface area contributed by atoms with Gasteiger partial charge in [-0.3, -0.25) is 9.69 Å². The first kappa shape index (κ1) is 16.4. The summed E-state index contributed by atoms with van der Waals surface area (Å²) in [4.78, 5) is 20.9. The summed E-state index contributed by atoms with van der Waals surface area (Å²) in [5.41, 5.74) is 0.481. The van der Waals surface area contributed by atoms with Crippen LogP contribution in [0.15, 0.2) is 29.8 Å². The van der Waals surface area contributed by atoms with Crippen molar-refractivity contribution in [1.82, 2.24) is 9.97 Å². The Morgan fingerprint density at radius 3 is 2.68 bits per heavy atom. The Morgan fingerprint density at radius 1 is 1.36 bits per heavy atom. The molecule has 0 aromatic carbocycles. The molecule has 0 radical (unpaired) electrons. The van der Waals surface area contributed by atoms with Crippen molar-refractivity contribution in [3.8, 4) is 0 Å². The topological polar surface area (TPSA) is 46.1 Å². The third-order valence-electron chi connectivity index (χ3n) is 2.80. The van der Waals surface area contributed by atoms with Crippen molar-refractivity contribution in [2.75, 3.05) is 11.4 Å². The quantitative estimate of drug-likeness (QED) is 0.846. The molecule has 0 unspecified atom stereocenters. The summed E-state index contributed by atoms with van der Waals surface area (Å²) in [5.74, 6) is -0.695. The molecule has 8 heteroatoms. The maximum absolute atomic E-state index is 12.7. The highest BCUT2D eigenvalue weighted by Crippen LogP contribution is 2.22. The highest BCUT2D eigenvalue weighted by Gasteiger charge is 2.34.